The molecule has 1 amide bonds. The minimum atomic E-state index is -1.07. The molecule has 2 N–H and O–H groups in total. The fourth-order valence-electron chi connectivity index (χ4n) is 0.185. The maximum Gasteiger partial charge on any atom is 0.267 e. The Bertz CT molecular complexity index is 72.1. The third kappa shape index (κ3) is 2.17. The highest BCUT2D eigenvalue weighted by atomic mass is 16.3. The summed E-state index contributed by atoms with van der Waals surface area (Å²) >= 11 is 0. The van der Waals surface area contributed by atoms with Crippen LogP contribution in [0, 0.1) is 0 Å². The lowest BCUT2D eigenvalue weighted by atomic mass is 10.3. The number of carbonyl (C=O) groups is 1. The van der Waals surface area contributed by atoms with Crippen molar-refractivity contribution < 1.29 is 9.90 Å². The van der Waals surface area contributed by atoms with Gasteiger partial charge >= 0.3 is 0 Å². The highest BCUT2D eigenvalue weighted by Crippen LogP contribution is 1.85. The van der Waals surface area contributed by atoms with Gasteiger partial charge in [-0.25, -0.2) is 0 Å². The number of hydrogen-bond acceptors (Lipinski definition) is 2. The molecule has 0 fully saturated rings. The van der Waals surface area contributed by atoms with Crippen molar-refractivity contribution >= 4 is 5.91 Å². The van der Waals surface area contributed by atoms with Crippen molar-refractivity contribution in [1.29, 1.82) is 0 Å². The Morgan fingerprint density at radius 3 is 2.43 bits per heavy atom. The van der Waals surface area contributed by atoms with Crippen LogP contribution < -0.4 is 5.73 Å². The first-order chi connectivity index (χ1) is 3.18. The molecular formula is C4H8NO2. The first-order valence-electron chi connectivity index (χ1n) is 2.12. The van der Waals surface area contributed by atoms with Crippen LogP contribution in [0.2, 0.25) is 0 Å². The summed E-state index contributed by atoms with van der Waals surface area (Å²) in [5.41, 5.74) is 6.29. The van der Waals surface area contributed by atoms with E-state index in [2.05, 4.69) is 0 Å². The second kappa shape index (κ2) is 2.58. The molecule has 0 aromatic rings. The zero-order valence-electron chi connectivity index (χ0n) is 4.14. The monoisotopic (exact) mass is 102 g/mol. The van der Waals surface area contributed by atoms with Crippen LogP contribution in [-0.4, -0.2) is 17.1 Å². The molecule has 1 atom stereocenters. The maximum atomic E-state index is 9.79. The van der Waals surface area contributed by atoms with Crippen LogP contribution in [0.15, 0.2) is 0 Å². The van der Waals surface area contributed by atoms with Gasteiger partial charge in [0.1, 0.15) is 6.10 Å². The molecule has 7 heavy (non-hydrogen) atoms. The summed E-state index contributed by atoms with van der Waals surface area (Å²) in [5, 5.41) is 8.40. The van der Waals surface area contributed by atoms with Crippen LogP contribution in [0.4, 0.5) is 0 Å². The van der Waals surface area contributed by atoms with Crippen LogP contribution in [0.25, 0.3) is 0 Å². The third-order valence-electron chi connectivity index (χ3n) is 0.689. The lowest BCUT2D eigenvalue weighted by Crippen LogP contribution is -2.19. The van der Waals surface area contributed by atoms with E-state index >= 15 is 0 Å². The number of aliphatic hydroxyl groups is 1. The molecule has 0 aromatic carbocycles. The highest BCUT2D eigenvalue weighted by molar-refractivity contribution is 5.77. The largest absolute Gasteiger partial charge is 0.383 e. The van der Waals surface area contributed by atoms with E-state index < -0.39 is 12.0 Å². The van der Waals surface area contributed by atoms with E-state index in [1.54, 1.807) is 6.92 Å². The van der Waals surface area contributed by atoms with Crippen molar-refractivity contribution in [2.24, 2.45) is 0 Å². The standard InChI is InChI=1S/C4H8NO2/c1-2-3(6)4(5)7/h3,5-6H,2H2,1H3. The van der Waals surface area contributed by atoms with Crippen LogP contribution in [0.5, 0.6) is 0 Å². The number of hydrogen-bond donors (Lipinski definition) is 1. The molecule has 3 nitrogen and oxygen atoms in total. The Balaban J connectivity index is 3.34. The summed E-state index contributed by atoms with van der Waals surface area (Å²) in [6.07, 6.45) is -0.734. The smallest absolute Gasteiger partial charge is 0.267 e. The normalized spacial score (nSPS) is 13.4. The van der Waals surface area contributed by atoms with Crippen molar-refractivity contribution in [3.63, 3.8) is 0 Å². The van der Waals surface area contributed by atoms with Gasteiger partial charge in [-0.1, -0.05) is 6.92 Å². The van der Waals surface area contributed by atoms with Crippen LogP contribution >= 0.6 is 0 Å². The Morgan fingerprint density at radius 1 is 2.00 bits per heavy atom. The van der Waals surface area contributed by atoms with E-state index in [4.69, 9.17) is 10.8 Å². The van der Waals surface area contributed by atoms with Gasteiger partial charge in [0.05, 0.1) is 0 Å². The average Bonchev–Trinajstić information content (AvgIpc) is 1.65. The predicted molar refractivity (Wildman–Crippen MR) is 24.4 cm³/mol. The van der Waals surface area contributed by atoms with Gasteiger partial charge in [0.15, 0.2) is 0 Å². The van der Waals surface area contributed by atoms with E-state index in [0.717, 1.165) is 0 Å². The molecule has 1 radical (unpaired) electrons. The molecule has 0 spiro atoms. The van der Waals surface area contributed by atoms with Gasteiger partial charge in [-0.3, -0.25) is 10.5 Å². The number of amides is 1. The fraction of sp³-hybridized carbons (Fsp3) is 0.750. The second-order valence-corrected chi connectivity index (χ2v) is 1.29. The van der Waals surface area contributed by atoms with Gasteiger partial charge in [0.25, 0.3) is 5.91 Å². The second-order valence-electron chi connectivity index (χ2n) is 1.29. The first-order valence-corrected chi connectivity index (χ1v) is 2.12. The molecule has 0 saturated carbocycles. The minimum Gasteiger partial charge on any atom is -0.383 e. The van der Waals surface area contributed by atoms with Gasteiger partial charge in [0.2, 0.25) is 0 Å². The van der Waals surface area contributed by atoms with Crippen molar-refractivity contribution in [3.05, 3.63) is 0 Å². The van der Waals surface area contributed by atoms with E-state index in [9.17, 15) is 4.79 Å². The zero-order chi connectivity index (χ0) is 5.86. The summed E-state index contributed by atoms with van der Waals surface area (Å²) in [6, 6.07) is 0. The topological polar surface area (TPSA) is 61.1 Å². The Kier molecular flexibility index (Phi) is 2.37. The van der Waals surface area contributed by atoms with Crippen LogP contribution in [0.1, 0.15) is 13.3 Å². The van der Waals surface area contributed by atoms with Crippen LogP contribution in [0.3, 0.4) is 0 Å². The number of rotatable bonds is 2. The molecule has 0 aliphatic carbocycles. The Morgan fingerprint density at radius 2 is 2.43 bits per heavy atom. The molecule has 1 unspecified atom stereocenters. The lowest BCUT2D eigenvalue weighted by molar-refractivity contribution is -0.126. The van der Waals surface area contributed by atoms with Crippen molar-refractivity contribution in [3.8, 4) is 0 Å². The Hall–Kier alpha value is -0.570. The summed E-state index contributed by atoms with van der Waals surface area (Å²) in [6.45, 7) is 1.65. The van der Waals surface area contributed by atoms with Gasteiger partial charge in [0, 0.05) is 0 Å². The van der Waals surface area contributed by atoms with E-state index in [1.165, 1.54) is 0 Å². The summed E-state index contributed by atoms with van der Waals surface area (Å²) in [7, 11) is 0. The summed E-state index contributed by atoms with van der Waals surface area (Å²) < 4.78 is 0. The third-order valence-corrected chi connectivity index (χ3v) is 0.689. The van der Waals surface area contributed by atoms with Crippen LogP contribution in [-0.2, 0) is 4.79 Å². The first kappa shape index (κ1) is 6.43. The van der Waals surface area contributed by atoms with Crippen molar-refractivity contribution in [2.75, 3.05) is 0 Å². The highest BCUT2D eigenvalue weighted by Gasteiger charge is 2.05. The molecule has 41 valence electrons. The zero-order valence-corrected chi connectivity index (χ0v) is 4.14. The molecule has 0 saturated heterocycles. The lowest BCUT2D eigenvalue weighted by Gasteiger charge is -1.96. The van der Waals surface area contributed by atoms with Gasteiger partial charge in [-0.2, -0.15) is 0 Å². The number of nitrogens with one attached hydrogen (secondary N) is 1. The van der Waals surface area contributed by atoms with Gasteiger partial charge in [-0.15, -0.1) is 0 Å². The molecular weight excluding hydrogens is 94.0 g/mol. The Labute approximate surface area is 42.1 Å². The van der Waals surface area contributed by atoms with E-state index in [1.807, 2.05) is 0 Å². The number of aliphatic hydroxyl groups excluding tert-OH is 1. The quantitative estimate of drug-likeness (QED) is 0.514. The molecule has 0 rings (SSSR count). The summed E-state index contributed by atoms with van der Waals surface area (Å²) in [4.78, 5) is 9.79. The average molecular weight is 102 g/mol. The molecule has 0 bridgehead atoms. The fourth-order valence-corrected chi connectivity index (χ4v) is 0.185. The molecule has 0 aromatic heterocycles. The van der Waals surface area contributed by atoms with E-state index in [-0.39, 0.29) is 0 Å². The summed E-state index contributed by atoms with van der Waals surface area (Å²) in [5.74, 6) is -0.900. The van der Waals surface area contributed by atoms with Crippen molar-refractivity contribution in [1.82, 2.24) is 5.73 Å². The maximum absolute atomic E-state index is 9.79. The number of carbonyl (C=O) groups excluding carboxylic acids is 1. The van der Waals surface area contributed by atoms with Gasteiger partial charge < -0.3 is 5.11 Å². The minimum absolute atomic E-state index is 0.336. The molecule has 0 aliphatic heterocycles. The van der Waals surface area contributed by atoms with E-state index in [0.29, 0.717) is 6.42 Å². The molecule has 0 aliphatic rings. The SMILES string of the molecule is CCC(O)C([NH])=O. The van der Waals surface area contributed by atoms with Crippen molar-refractivity contribution in [2.45, 2.75) is 19.4 Å². The van der Waals surface area contributed by atoms with Gasteiger partial charge in [-0.05, 0) is 6.42 Å². The predicted octanol–water partition coefficient (Wildman–Crippen LogP) is -0.433. The molecule has 3 heteroatoms. The molecule has 0 heterocycles.